The van der Waals surface area contributed by atoms with E-state index >= 15 is 0 Å². The van der Waals surface area contributed by atoms with Crippen molar-refractivity contribution in [3.05, 3.63) is 42.5 Å². The van der Waals surface area contributed by atoms with Gasteiger partial charge in [0.2, 0.25) is 0 Å². The van der Waals surface area contributed by atoms with Gasteiger partial charge in [0.1, 0.15) is 5.75 Å². The lowest BCUT2D eigenvalue weighted by molar-refractivity contribution is -0.140. The molecule has 0 aromatic heterocycles. The van der Waals surface area contributed by atoms with Crippen LogP contribution in [0.4, 0.5) is 0 Å². The zero-order valence-corrected chi connectivity index (χ0v) is 12.7. The molecule has 1 atom stereocenters. The van der Waals surface area contributed by atoms with Crippen LogP contribution in [0.5, 0.6) is 5.75 Å². The van der Waals surface area contributed by atoms with Gasteiger partial charge in [-0.15, -0.1) is 0 Å². The summed E-state index contributed by atoms with van der Waals surface area (Å²) >= 11 is 0. The van der Waals surface area contributed by atoms with Crippen LogP contribution in [0.1, 0.15) is 13.3 Å². The monoisotopic (exact) mass is 301 g/mol. The van der Waals surface area contributed by atoms with Gasteiger partial charge >= 0.3 is 5.97 Å². The van der Waals surface area contributed by atoms with E-state index in [1.54, 1.807) is 14.0 Å². The molecule has 0 aliphatic carbocycles. The van der Waals surface area contributed by atoms with E-state index in [4.69, 9.17) is 9.84 Å². The zero-order valence-electron chi connectivity index (χ0n) is 12.7. The summed E-state index contributed by atoms with van der Waals surface area (Å²) in [5.41, 5.74) is 0. The molecule has 0 heterocycles. The first-order valence-electron chi connectivity index (χ1n) is 7.10. The highest BCUT2D eigenvalue weighted by Crippen LogP contribution is 2.26. The molecule has 0 aliphatic heterocycles. The van der Waals surface area contributed by atoms with Crippen molar-refractivity contribution in [2.45, 2.75) is 19.4 Å². The van der Waals surface area contributed by atoms with Crippen molar-refractivity contribution in [1.82, 2.24) is 4.90 Å². The molecule has 1 N–H and O–H groups in total. The molecule has 5 heteroatoms. The predicted octanol–water partition coefficient (Wildman–Crippen LogP) is 2.54. The van der Waals surface area contributed by atoms with E-state index in [1.807, 2.05) is 42.5 Å². The van der Waals surface area contributed by atoms with Crippen molar-refractivity contribution >= 4 is 22.6 Å². The second-order valence-corrected chi connectivity index (χ2v) is 5.14. The van der Waals surface area contributed by atoms with Crippen LogP contribution in [0.25, 0.3) is 10.8 Å². The lowest BCUT2D eigenvalue weighted by atomic mass is 10.1. The third kappa shape index (κ3) is 3.75. The van der Waals surface area contributed by atoms with Gasteiger partial charge in [-0.2, -0.15) is 0 Å². The Bertz CT molecular complexity index is 678. The third-order valence-electron chi connectivity index (χ3n) is 3.44. The summed E-state index contributed by atoms with van der Waals surface area (Å²) in [6, 6.07) is 13.5. The maximum atomic E-state index is 12.2. The number of amides is 1. The van der Waals surface area contributed by atoms with E-state index in [0.717, 1.165) is 10.8 Å². The van der Waals surface area contributed by atoms with Gasteiger partial charge in [-0.25, -0.2) is 0 Å². The number of benzene rings is 2. The number of hydrogen-bond donors (Lipinski definition) is 1. The third-order valence-corrected chi connectivity index (χ3v) is 3.44. The van der Waals surface area contributed by atoms with Gasteiger partial charge in [-0.1, -0.05) is 36.4 Å². The number of carboxylic acid groups (broad SMARTS) is 1. The second kappa shape index (κ2) is 6.93. The summed E-state index contributed by atoms with van der Waals surface area (Å²) in [4.78, 5) is 24.1. The number of carboxylic acids is 1. The molecule has 1 amide bonds. The first kappa shape index (κ1) is 15.8. The molecule has 0 fully saturated rings. The van der Waals surface area contributed by atoms with Crippen molar-refractivity contribution in [2.75, 3.05) is 13.6 Å². The molecule has 0 radical (unpaired) electrons. The van der Waals surface area contributed by atoms with Crippen LogP contribution in [-0.2, 0) is 9.59 Å². The van der Waals surface area contributed by atoms with Gasteiger partial charge in [0.05, 0.1) is 6.42 Å². The molecule has 0 saturated heterocycles. The predicted molar refractivity (Wildman–Crippen MR) is 83.9 cm³/mol. The average molecular weight is 301 g/mol. The fourth-order valence-electron chi connectivity index (χ4n) is 2.22. The Morgan fingerprint density at radius 2 is 1.86 bits per heavy atom. The van der Waals surface area contributed by atoms with Crippen molar-refractivity contribution in [1.29, 1.82) is 0 Å². The minimum Gasteiger partial charge on any atom is -0.481 e. The van der Waals surface area contributed by atoms with Crippen LogP contribution >= 0.6 is 0 Å². The second-order valence-electron chi connectivity index (χ2n) is 5.14. The molecule has 5 nitrogen and oxygen atoms in total. The van der Waals surface area contributed by atoms with E-state index in [0.29, 0.717) is 5.75 Å². The largest absolute Gasteiger partial charge is 0.481 e. The topological polar surface area (TPSA) is 66.8 Å². The zero-order chi connectivity index (χ0) is 16.1. The summed E-state index contributed by atoms with van der Waals surface area (Å²) in [6.07, 6.45) is -0.756. The molecule has 2 aromatic carbocycles. The number of hydrogen-bond acceptors (Lipinski definition) is 3. The Hall–Kier alpha value is -2.56. The van der Waals surface area contributed by atoms with Gasteiger partial charge in [-0.05, 0) is 18.4 Å². The lowest BCUT2D eigenvalue weighted by Gasteiger charge is -2.22. The fraction of sp³-hybridized carbons (Fsp3) is 0.294. The number of rotatable bonds is 6. The highest BCUT2D eigenvalue weighted by molar-refractivity contribution is 5.89. The molecule has 0 spiro atoms. The van der Waals surface area contributed by atoms with E-state index in [1.165, 1.54) is 4.90 Å². The molecular formula is C17H19NO4. The normalized spacial score (nSPS) is 11.9. The van der Waals surface area contributed by atoms with Crippen LogP contribution < -0.4 is 4.74 Å². The van der Waals surface area contributed by atoms with Gasteiger partial charge in [0.15, 0.2) is 6.10 Å². The summed E-state index contributed by atoms with van der Waals surface area (Å²) < 4.78 is 5.78. The number of fused-ring (bicyclic) bond motifs is 1. The number of aliphatic carboxylic acids is 1. The molecule has 22 heavy (non-hydrogen) atoms. The Morgan fingerprint density at radius 1 is 1.18 bits per heavy atom. The molecule has 0 saturated carbocycles. The fourth-order valence-corrected chi connectivity index (χ4v) is 2.22. The van der Waals surface area contributed by atoms with Crippen LogP contribution in [0.3, 0.4) is 0 Å². The SMILES string of the molecule is CC(Oc1cccc2ccccc12)C(=O)N(C)CCC(=O)O. The Labute approximate surface area is 129 Å². The summed E-state index contributed by atoms with van der Waals surface area (Å²) in [5.74, 6) is -0.526. The van der Waals surface area contributed by atoms with E-state index < -0.39 is 12.1 Å². The highest BCUT2D eigenvalue weighted by atomic mass is 16.5. The van der Waals surface area contributed by atoms with Crippen molar-refractivity contribution in [3.63, 3.8) is 0 Å². The average Bonchev–Trinajstić information content (AvgIpc) is 2.52. The minimum absolute atomic E-state index is 0.0801. The number of nitrogens with zero attached hydrogens (tertiary/aromatic N) is 1. The number of carbonyl (C=O) groups is 2. The van der Waals surface area contributed by atoms with Crippen LogP contribution in [0.2, 0.25) is 0 Å². The van der Waals surface area contributed by atoms with Crippen LogP contribution in [0.15, 0.2) is 42.5 Å². The quantitative estimate of drug-likeness (QED) is 0.890. The minimum atomic E-state index is -0.928. The lowest BCUT2D eigenvalue weighted by Crippen LogP contribution is -2.39. The standard InChI is InChI=1S/C17H19NO4/c1-12(17(21)18(2)11-10-16(19)20)22-15-9-5-7-13-6-3-4-8-14(13)15/h3-9,12H,10-11H2,1-2H3,(H,19,20). The van der Waals surface area contributed by atoms with Crippen molar-refractivity contribution in [2.24, 2.45) is 0 Å². The van der Waals surface area contributed by atoms with Crippen LogP contribution in [-0.4, -0.2) is 41.6 Å². The molecule has 2 rings (SSSR count). The molecular weight excluding hydrogens is 282 g/mol. The Kier molecular flexibility index (Phi) is 4.99. The first-order chi connectivity index (χ1) is 10.5. The van der Waals surface area contributed by atoms with Gasteiger partial charge in [0, 0.05) is 19.0 Å². The Morgan fingerprint density at radius 3 is 2.59 bits per heavy atom. The molecule has 116 valence electrons. The first-order valence-corrected chi connectivity index (χ1v) is 7.10. The number of carbonyl (C=O) groups excluding carboxylic acids is 1. The summed E-state index contributed by atoms with van der Waals surface area (Å²) in [5, 5.41) is 10.7. The molecule has 0 bridgehead atoms. The molecule has 0 aliphatic rings. The molecule has 2 aromatic rings. The van der Waals surface area contributed by atoms with Gasteiger partial charge < -0.3 is 14.7 Å². The molecule has 1 unspecified atom stereocenters. The number of ether oxygens (including phenoxy) is 1. The summed E-state index contributed by atoms with van der Waals surface area (Å²) in [7, 11) is 1.58. The maximum absolute atomic E-state index is 12.2. The highest BCUT2D eigenvalue weighted by Gasteiger charge is 2.20. The smallest absolute Gasteiger partial charge is 0.305 e. The van der Waals surface area contributed by atoms with Crippen molar-refractivity contribution < 1.29 is 19.4 Å². The van der Waals surface area contributed by atoms with Gasteiger partial charge in [-0.3, -0.25) is 9.59 Å². The number of likely N-dealkylation sites (N-methyl/N-ethyl adjacent to an activating group) is 1. The van der Waals surface area contributed by atoms with Gasteiger partial charge in [0.25, 0.3) is 5.91 Å². The van der Waals surface area contributed by atoms with Crippen LogP contribution in [0, 0.1) is 0 Å². The van der Waals surface area contributed by atoms with E-state index in [9.17, 15) is 9.59 Å². The van der Waals surface area contributed by atoms with Crippen molar-refractivity contribution in [3.8, 4) is 5.75 Å². The van der Waals surface area contributed by atoms with E-state index in [-0.39, 0.29) is 18.9 Å². The van der Waals surface area contributed by atoms with E-state index in [2.05, 4.69) is 0 Å². The Balaban J connectivity index is 2.08. The maximum Gasteiger partial charge on any atom is 0.305 e. The summed E-state index contributed by atoms with van der Waals surface area (Å²) in [6.45, 7) is 1.83.